The molecule has 1 heterocycles. The lowest BCUT2D eigenvalue weighted by molar-refractivity contribution is -0.384. The van der Waals surface area contributed by atoms with Crippen molar-refractivity contribution >= 4 is 47.3 Å². The lowest BCUT2D eigenvalue weighted by Crippen LogP contribution is -2.54. The number of carbonyl (C=O) groups excluding carboxylic acids is 4. The fraction of sp³-hybridized carbons (Fsp3) is 0.0370. The second-order valence-corrected chi connectivity index (χ2v) is 7.89. The Hall–Kier alpha value is -5.38. The van der Waals surface area contributed by atoms with Gasteiger partial charge in [-0.1, -0.05) is 48.5 Å². The van der Waals surface area contributed by atoms with Crippen LogP contribution in [0.2, 0.25) is 0 Å². The van der Waals surface area contributed by atoms with Crippen molar-refractivity contribution in [3.63, 3.8) is 0 Å². The monoisotopic (exact) mass is 497 g/mol. The van der Waals surface area contributed by atoms with Crippen molar-refractivity contribution in [2.45, 2.75) is 6.92 Å². The molecule has 3 aromatic carbocycles. The number of aryl methyl sites for hydroxylation is 1. The van der Waals surface area contributed by atoms with Gasteiger partial charge in [-0.2, -0.15) is 0 Å². The second kappa shape index (κ2) is 10.5. The van der Waals surface area contributed by atoms with Gasteiger partial charge in [0, 0.05) is 23.8 Å². The SMILES string of the molecule is Cc1ccccc1N1C(=O)NC(=O)/C(=C/c2ccccc2OC(=O)/C=C/c2cccc([N+](=O)[O-])c2)C1=O. The van der Waals surface area contributed by atoms with Crippen LogP contribution in [-0.2, 0) is 14.4 Å². The molecule has 3 aromatic rings. The molecule has 0 aromatic heterocycles. The molecule has 4 amide bonds. The van der Waals surface area contributed by atoms with Crippen LogP contribution >= 0.6 is 0 Å². The number of para-hydroxylation sites is 2. The molecule has 1 aliphatic rings. The van der Waals surface area contributed by atoms with E-state index in [1.54, 1.807) is 49.4 Å². The highest BCUT2D eigenvalue weighted by atomic mass is 16.6. The number of nitrogens with one attached hydrogen (secondary N) is 1. The first-order valence-electron chi connectivity index (χ1n) is 10.9. The summed E-state index contributed by atoms with van der Waals surface area (Å²) in [5.74, 6) is -2.43. The standard InChI is InChI=1S/C27H19N3O7/c1-17-7-2-4-11-22(17)29-26(33)21(25(32)28-27(29)34)16-19-9-3-5-12-23(19)37-24(31)14-13-18-8-6-10-20(15-18)30(35)36/h2-16H,1H3,(H,28,32,34)/b14-13+,21-16-. The third-order valence-corrected chi connectivity index (χ3v) is 5.38. The highest BCUT2D eigenvalue weighted by molar-refractivity contribution is 6.39. The van der Waals surface area contributed by atoms with Gasteiger partial charge >= 0.3 is 12.0 Å². The predicted octanol–water partition coefficient (Wildman–Crippen LogP) is 4.19. The number of hydrogen-bond acceptors (Lipinski definition) is 7. The number of benzene rings is 3. The smallest absolute Gasteiger partial charge is 0.336 e. The molecule has 1 fully saturated rings. The van der Waals surface area contributed by atoms with Crippen LogP contribution in [0.5, 0.6) is 5.75 Å². The molecule has 1 saturated heterocycles. The van der Waals surface area contributed by atoms with Crippen LogP contribution in [0, 0.1) is 17.0 Å². The average molecular weight is 497 g/mol. The van der Waals surface area contributed by atoms with Crippen molar-refractivity contribution in [1.82, 2.24) is 5.32 Å². The Bertz CT molecular complexity index is 1510. The van der Waals surface area contributed by atoms with E-state index in [1.165, 1.54) is 42.5 Å². The predicted molar refractivity (Wildman–Crippen MR) is 134 cm³/mol. The number of barbiturate groups is 1. The summed E-state index contributed by atoms with van der Waals surface area (Å²) in [6.07, 6.45) is 3.70. The first kappa shape index (κ1) is 24.7. The number of nitro groups is 1. The number of urea groups is 1. The number of anilines is 1. The zero-order valence-corrected chi connectivity index (χ0v) is 19.4. The van der Waals surface area contributed by atoms with Crippen molar-refractivity contribution in [2.75, 3.05) is 4.90 Å². The third-order valence-electron chi connectivity index (χ3n) is 5.38. The summed E-state index contributed by atoms with van der Waals surface area (Å²) in [5, 5.41) is 13.1. The second-order valence-electron chi connectivity index (χ2n) is 7.89. The number of nitrogens with zero attached hydrogens (tertiary/aromatic N) is 2. The number of ether oxygens (including phenoxy) is 1. The van der Waals surface area contributed by atoms with Gasteiger partial charge in [-0.15, -0.1) is 0 Å². The number of amides is 4. The summed E-state index contributed by atoms with van der Waals surface area (Å²) >= 11 is 0. The van der Waals surface area contributed by atoms with E-state index in [0.717, 1.165) is 11.0 Å². The molecule has 0 bridgehead atoms. The fourth-order valence-electron chi connectivity index (χ4n) is 3.59. The Morgan fingerprint density at radius 3 is 2.49 bits per heavy atom. The van der Waals surface area contributed by atoms with Crippen LogP contribution in [0.25, 0.3) is 12.2 Å². The number of nitro benzene ring substituents is 1. The molecule has 1 aliphatic heterocycles. The molecule has 37 heavy (non-hydrogen) atoms. The number of hydrogen-bond donors (Lipinski definition) is 1. The Morgan fingerprint density at radius 1 is 1.00 bits per heavy atom. The largest absolute Gasteiger partial charge is 0.423 e. The number of rotatable bonds is 6. The van der Waals surface area contributed by atoms with E-state index >= 15 is 0 Å². The van der Waals surface area contributed by atoms with E-state index in [0.29, 0.717) is 16.8 Å². The fourth-order valence-corrected chi connectivity index (χ4v) is 3.59. The molecule has 10 heteroatoms. The van der Waals surface area contributed by atoms with Gasteiger partial charge in [0.15, 0.2) is 0 Å². The molecule has 0 atom stereocenters. The van der Waals surface area contributed by atoms with Crippen LogP contribution in [0.4, 0.5) is 16.2 Å². The van der Waals surface area contributed by atoms with Crippen LogP contribution in [0.1, 0.15) is 16.7 Å². The summed E-state index contributed by atoms with van der Waals surface area (Å²) in [5.41, 5.74) is 1.21. The summed E-state index contributed by atoms with van der Waals surface area (Å²) in [4.78, 5) is 61.9. The van der Waals surface area contributed by atoms with Crippen LogP contribution in [0.15, 0.2) is 84.4 Å². The van der Waals surface area contributed by atoms with Gasteiger partial charge in [-0.25, -0.2) is 14.5 Å². The zero-order chi connectivity index (χ0) is 26.5. The van der Waals surface area contributed by atoms with Crippen molar-refractivity contribution in [3.05, 3.63) is 111 Å². The summed E-state index contributed by atoms with van der Waals surface area (Å²) < 4.78 is 5.38. The maximum absolute atomic E-state index is 13.2. The molecule has 4 rings (SSSR count). The minimum absolute atomic E-state index is 0.0589. The Kier molecular flexibility index (Phi) is 7.01. The molecule has 0 saturated carbocycles. The molecule has 184 valence electrons. The molecule has 10 nitrogen and oxygen atoms in total. The van der Waals surface area contributed by atoms with E-state index in [1.807, 2.05) is 0 Å². The summed E-state index contributed by atoms with van der Waals surface area (Å²) in [6, 6.07) is 17.8. The average Bonchev–Trinajstić information content (AvgIpc) is 2.87. The summed E-state index contributed by atoms with van der Waals surface area (Å²) in [7, 11) is 0. The van der Waals surface area contributed by atoms with Crippen molar-refractivity contribution in [2.24, 2.45) is 0 Å². The zero-order valence-electron chi connectivity index (χ0n) is 19.4. The molecule has 0 spiro atoms. The van der Waals surface area contributed by atoms with Crippen LogP contribution < -0.4 is 15.0 Å². The van der Waals surface area contributed by atoms with Gasteiger partial charge in [-0.3, -0.25) is 25.0 Å². The van der Waals surface area contributed by atoms with Crippen molar-refractivity contribution in [3.8, 4) is 5.75 Å². The van der Waals surface area contributed by atoms with Gasteiger partial charge < -0.3 is 4.74 Å². The molecule has 1 N–H and O–H groups in total. The number of carbonyl (C=O) groups is 4. The third kappa shape index (κ3) is 5.49. The Balaban J connectivity index is 1.59. The lowest BCUT2D eigenvalue weighted by Gasteiger charge is -2.27. The first-order valence-corrected chi connectivity index (χ1v) is 10.9. The van der Waals surface area contributed by atoms with E-state index in [4.69, 9.17) is 4.74 Å². The molecule has 0 radical (unpaired) electrons. The number of non-ortho nitro benzene ring substituents is 1. The van der Waals surface area contributed by atoms with E-state index in [9.17, 15) is 29.3 Å². The number of esters is 1. The van der Waals surface area contributed by atoms with Crippen LogP contribution in [-0.4, -0.2) is 28.7 Å². The normalized spacial score (nSPS) is 14.7. The maximum Gasteiger partial charge on any atom is 0.336 e. The first-order chi connectivity index (χ1) is 17.7. The lowest BCUT2D eigenvalue weighted by atomic mass is 10.1. The van der Waals surface area contributed by atoms with Crippen molar-refractivity contribution < 1.29 is 28.8 Å². The van der Waals surface area contributed by atoms with Gasteiger partial charge in [0.05, 0.1) is 10.6 Å². The quantitative estimate of drug-likeness (QED) is 0.135. The van der Waals surface area contributed by atoms with Gasteiger partial charge in [0.2, 0.25) is 0 Å². The van der Waals surface area contributed by atoms with E-state index < -0.39 is 28.7 Å². The number of imide groups is 2. The Labute approximate surface area is 210 Å². The molecule has 0 aliphatic carbocycles. The minimum Gasteiger partial charge on any atom is -0.423 e. The highest BCUT2D eigenvalue weighted by Gasteiger charge is 2.37. The Morgan fingerprint density at radius 2 is 1.73 bits per heavy atom. The molecular weight excluding hydrogens is 478 g/mol. The van der Waals surface area contributed by atoms with E-state index in [-0.39, 0.29) is 22.6 Å². The summed E-state index contributed by atoms with van der Waals surface area (Å²) in [6.45, 7) is 1.73. The molecular formula is C27H19N3O7. The highest BCUT2D eigenvalue weighted by Crippen LogP contribution is 2.27. The van der Waals surface area contributed by atoms with Gasteiger partial charge in [0.25, 0.3) is 17.5 Å². The van der Waals surface area contributed by atoms with Crippen LogP contribution in [0.3, 0.4) is 0 Å². The molecule has 0 unspecified atom stereocenters. The maximum atomic E-state index is 13.2. The van der Waals surface area contributed by atoms with E-state index in [2.05, 4.69) is 5.32 Å². The van der Waals surface area contributed by atoms with Crippen molar-refractivity contribution in [1.29, 1.82) is 0 Å². The topological polar surface area (TPSA) is 136 Å². The van der Waals surface area contributed by atoms with Gasteiger partial charge in [0.1, 0.15) is 11.3 Å². The minimum atomic E-state index is -0.883. The van der Waals surface area contributed by atoms with Gasteiger partial charge in [-0.05, 0) is 42.3 Å².